The number of hydrogen-bond acceptors (Lipinski definition) is 18. The zero-order chi connectivity index (χ0) is 65.0. The van der Waals surface area contributed by atoms with Crippen molar-refractivity contribution in [3.05, 3.63) is 71.4 Å². The van der Waals surface area contributed by atoms with Crippen LogP contribution in [0.25, 0.3) is 10.9 Å². The lowest BCUT2D eigenvalue weighted by atomic mass is 9.92. The lowest BCUT2D eigenvalue weighted by molar-refractivity contribution is -0.140. The number of rotatable bonds is 31. The van der Waals surface area contributed by atoms with Gasteiger partial charge in [0.1, 0.15) is 37.8 Å². The summed E-state index contributed by atoms with van der Waals surface area (Å²) in [7, 11) is 0. The molecule has 0 bridgehead atoms. The van der Waals surface area contributed by atoms with Gasteiger partial charge in [-0.05, 0) is 87.6 Å². The zero-order valence-corrected chi connectivity index (χ0v) is 50.8. The number of ether oxygens (including phenoxy) is 3. The molecule has 1 unspecified atom stereocenters. The predicted molar refractivity (Wildman–Crippen MR) is 321 cm³/mol. The molecule has 25 nitrogen and oxygen atoms in total. The van der Waals surface area contributed by atoms with Gasteiger partial charge >= 0.3 is 5.97 Å². The molecule has 3 aromatic rings. The van der Waals surface area contributed by atoms with E-state index >= 15 is 4.39 Å². The molecule has 0 spiro atoms. The summed E-state index contributed by atoms with van der Waals surface area (Å²) >= 11 is 0. The first-order valence-corrected chi connectivity index (χ1v) is 30.2. The fourth-order valence-corrected chi connectivity index (χ4v) is 10.9. The van der Waals surface area contributed by atoms with Crippen molar-refractivity contribution >= 4 is 71.2 Å². The summed E-state index contributed by atoms with van der Waals surface area (Å²) in [4.78, 5) is 141. The van der Waals surface area contributed by atoms with Crippen molar-refractivity contribution in [3.63, 3.8) is 0 Å². The summed E-state index contributed by atoms with van der Waals surface area (Å²) in [6, 6.07) is 11.8. The Morgan fingerprint density at radius 1 is 0.800 bits per heavy atom. The first-order chi connectivity index (χ1) is 43.2. The number of benzene rings is 2. The van der Waals surface area contributed by atoms with Crippen molar-refractivity contribution in [2.75, 3.05) is 118 Å². The van der Waals surface area contributed by atoms with Crippen LogP contribution in [0.1, 0.15) is 85.7 Å². The maximum Gasteiger partial charge on any atom is 0.317 e. The highest BCUT2D eigenvalue weighted by Gasteiger charge is 2.46. The number of hydrogen-bond donors (Lipinski definition) is 5. The average Bonchev–Trinajstić information content (AvgIpc) is 1.22. The number of amides is 7. The summed E-state index contributed by atoms with van der Waals surface area (Å²) in [5.41, 5.74) is 2.87. The van der Waals surface area contributed by atoms with Crippen LogP contribution in [0.2, 0.25) is 0 Å². The molecule has 7 amide bonds. The van der Waals surface area contributed by atoms with Gasteiger partial charge in [0.05, 0.1) is 49.9 Å². The second kappa shape index (κ2) is 36.4. The minimum atomic E-state index is -3.12. The first kappa shape index (κ1) is 70.8. The molecule has 3 atom stereocenters. The fraction of sp³-hybridized carbons (Fsp3) is 0.565. The third kappa shape index (κ3) is 24.3. The molecule has 3 saturated heterocycles. The number of imide groups is 1. The van der Waals surface area contributed by atoms with Crippen molar-refractivity contribution in [2.45, 2.75) is 102 Å². The van der Waals surface area contributed by atoms with Crippen molar-refractivity contribution in [1.29, 1.82) is 0 Å². The number of carboxylic acid groups (broad SMARTS) is 1. The number of aryl methyl sites for hydroxylation is 2. The quantitative estimate of drug-likeness (QED) is 0.0266. The number of nitrogens with zero attached hydrogens (tertiary/aromatic N) is 7. The molecule has 4 heterocycles. The van der Waals surface area contributed by atoms with Gasteiger partial charge in [-0.15, -0.1) is 6.42 Å². The zero-order valence-electron chi connectivity index (χ0n) is 50.8. The SMILES string of the molecule is C#C[C@H]1CC(F)(F)CN1C(=O)CNC(=O)c1ccnc2ccc(OCCCC3CCN(C(=O)CC(=O)NC(=O)[C@H](CC(F)CCNC(=O)CCCc4ccc(C)cc4)NC(=O)CN4CCN(COC=O)CCN(COC=O)CCN(CC(=O)O)CC4)CC3)cc12. The number of terminal acetylenes is 1. The van der Waals surface area contributed by atoms with Gasteiger partial charge in [0.15, 0.2) is 0 Å². The third-order valence-electron chi connectivity index (χ3n) is 15.9. The molecule has 90 heavy (non-hydrogen) atoms. The molecule has 28 heteroatoms. The number of halogens is 3. The summed E-state index contributed by atoms with van der Waals surface area (Å²) in [5, 5.41) is 20.1. The van der Waals surface area contributed by atoms with Crippen LogP contribution in [0.3, 0.4) is 0 Å². The Labute approximate surface area is 521 Å². The van der Waals surface area contributed by atoms with Crippen LogP contribution < -0.4 is 26.0 Å². The molecule has 0 saturated carbocycles. The predicted octanol–water partition coefficient (Wildman–Crippen LogP) is 1.88. The Kier molecular flexibility index (Phi) is 28.7. The van der Waals surface area contributed by atoms with E-state index in [1.807, 2.05) is 31.2 Å². The molecule has 3 aliphatic rings. The van der Waals surface area contributed by atoms with Crippen LogP contribution in [0.4, 0.5) is 13.2 Å². The van der Waals surface area contributed by atoms with E-state index in [9.17, 15) is 61.8 Å². The summed E-state index contributed by atoms with van der Waals surface area (Å²) in [6.45, 7) is 3.16. The van der Waals surface area contributed by atoms with Crippen LogP contribution in [0.5, 0.6) is 5.75 Å². The van der Waals surface area contributed by atoms with E-state index in [1.165, 1.54) is 17.2 Å². The molecule has 3 fully saturated rings. The maximum absolute atomic E-state index is 15.9. The highest BCUT2D eigenvalue weighted by Crippen LogP contribution is 2.32. The van der Waals surface area contributed by atoms with E-state index in [2.05, 4.69) is 32.2 Å². The van der Waals surface area contributed by atoms with Gasteiger partial charge in [-0.2, -0.15) is 0 Å². The van der Waals surface area contributed by atoms with Gasteiger partial charge in [0.25, 0.3) is 24.8 Å². The molecule has 0 aliphatic carbocycles. The number of likely N-dealkylation sites (tertiary alicyclic amines) is 2. The minimum Gasteiger partial charge on any atom is -0.494 e. The van der Waals surface area contributed by atoms with E-state index in [0.29, 0.717) is 94.6 Å². The fourth-order valence-electron chi connectivity index (χ4n) is 10.9. The molecule has 490 valence electrons. The maximum atomic E-state index is 15.9. The second-order valence-corrected chi connectivity index (χ2v) is 22.8. The number of piperidine rings is 1. The third-order valence-corrected chi connectivity index (χ3v) is 15.9. The Balaban J connectivity index is 0.995. The van der Waals surface area contributed by atoms with E-state index in [4.69, 9.17) is 20.6 Å². The van der Waals surface area contributed by atoms with Crippen molar-refractivity contribution in [3.8, 4) is 18.1 Å². The van der Waals surface area contributed by atoms with Gasteiger partial charge in [-0.1, -0.05) is 35.7 Å². The highest BCUT2D eigenvalue weighted by atomic mass is 19.3. The number of aliphatic carboxylic acids is 1. The largest absolute Gasteiger partial charge is 0.494 e. The van der Waals surface area contributed by atoms with E-state index in [0.717, 1.165) is 22.4 Å². The molecule has 2 aromatic carbocycles. The number of alkyl halides is 3. The standard InChI is InChI=1S/C62H82F3N11O14/c1-3-48-35-62(64,65)39-76(48)58(83)36-68-60(86)50-16-20-66-52-14-13-49(33-51(50)52)90-31-5-7-46-17-21-75(22-18-46)57(82)34-55(80)70-61(87)53(32-47(63)15-19-67-54(79)8-4-6-45-11-9-44(2)10-12-45)69-56(81)37-71-23-24-72(38-59(84)85)26-28-74(41-89-43-78)30-29-73(27-25-71)40-88-42-77/h1,9-14,16,20,33,42-43,46-48,53H,4-8,15,17-19,21-32,34-41H2,2H3,(H,67,79)(H,68,86)(H,69,81)(H,84,85)(H,70,80,87)/t47?,48-,53-/m0/s1. The van der Waals surface area contributed by atoms with Crippen molar-refractivity contribution in [1.82, 2.24) is 55.7 Å². The highest BCUT2D eigenvalue weighted by molar-refractivity contribution is 6.07. The number of carboxylic acids is 1. The number of carbonyl (C=O) groups is 10. The minimum absolute atomic E-state index is 0.0627. The molecule has 1 aromatic heterocycles. The number of carbonyl (C=O) groups excluding carboxylic acids is 9. The molecular formula is C62H82F3N11O14. The normalized spacial score (nSPS) is 17.9. The van der Waals surface area contributed by atoms with Crippen molar-refractivity contribution in [2.24, 2.45) is 5.92 Å². The Morgan fingerprint density at radius 2 is 1.44 bits per heavy atom. The number of aromatic nitrogens is 1. The summed E-state index contributed by atoms with van der Waals surface area (Å²) in [5.74, 6) is -6.28. The van der Waals surface area contributed by atoms with Gasteiger partial charge in [0.2, 0.25) is 35.4 Å². The van der Waals surface area contributed by atoms with E-state index in [1.54, 1.807) is 37.8 Å². The lowest BCUT2D eigenvalue weighted by Crippen LogP contribution is -2.53. The van der Waals surface area contributed by atoms with Crippen LogP contribution in [-0.4, -0.2) is 242 Å². The number of pyridine rings is 1. The van der Waals surface area contributed by atoms with E-state index < -0.39 is 97.9 Å². The number of nitrogens with one attached hydrogen (secondary N) is 4. The molecule has 6 rings (SSSR count). The van der Waals surface area contributed by atoms with E-state index in [-0.39, 0.29) is 103 Å². The van der Waals surface area contributed by atoms with Gasteiger partial charge in [-0.3, -0.25) is 77.8 Å². The van der Waals surface area contributed by atoms with Gasteiger partial charge < -0.3 is 45.1 Å². The molecular weight excluding hydrogens is 1180 g/mol. The Hall–Kier alpha value is -8.26. The molecule has 5 N–H and O–H groups in total. The smallest absolute Gasteiger partial charge is 0.317 e. The second-order valence-electron chi connectivity index (χ2n) is 22.8. The topological polar surface area (TPSA) is 299 Å². The van der Waals surface area contributed by atoms with Crippen LogP contribution >= 0.6 is 0 Å². The Morgan fingerprint density at radius 3 is 2.08 bits per heavy atom. The van der Waals surface area contributed by atoms with Crippen LogP contribution in [0, 0.1) is 25.2 Å². The van der Waals surface area contributed by atoms with Gasteiger partial charge in [0, 0.05) is 103 Å². The monoisotopic (exact) mass is 1260 g/mol. The Bertz CT molecular complexity index is 2970. The molecule has 0 radical (unpaired) electrons. The summed E-state index contributed by atoms with van der Waals surface area (Å²) < 4.78 is 59.9. The molecule has 3 aliphatic heterocycles. The van der Waals surface area contributed by atoms with Gasteiger partial charge in [-0.25, -0.2) is 13.2 Å². The van der Waals surface area contributed by atoms with Crippen LogP contribution in [-0.2, 0) is 59.0 Å². The average molecular weight is 1260 g/mol. The van der Waals surface area contributed by atoms with Crippen LogP contribution in [0.15, 0.2) is 54.7 Å². The number of fused-ring (bicyclic) bond motifs is 1. The first-order valence-electron chi connectivity index (χ1n) is 30.2. The lowest BCUT2D eigenvalue weighted by Gasteiger charge is -2.33. The summed E-state index contributed by atoms with van der Waals surface area (Å²) in [6.07, 6.45) is 6.93. The van der Waals surface area contributed by atoms with Crippen molar-refractivity contribution < 1.29 is 80.4 Å².